The van der Waals surface area contributed by atoms with Gasteiger partial charge in [-0.15, -0.1) is 11.8 Å². The maximum absolute atomic E-state index is 5.68. The molecule has 0 aromatic heterocycles. The summed E-state index contributed by atoms with van der Waals surface area (Å²) in [6, 6.07) is 14.1. The number of rotatable bonds is 6. The molecule has 0 saturated carbocycles. The third-order valence-electron chi connectivity index (χ3n) is 3.04. The van der Waals surface area contributed by atoms with Crippen LogP contribution in [0.25, 0.3) is 0 Å². The van der Waals surface area contributed by atoms with Crippen LogP contribution in [0.3, 0.4) is 0 Å². The van der Waals surface area contributed by atoms with Gasteiger partial charge in [0.15, 0.2) is 0 Å². The fraction of sp³-hybridized carbons (Fsp3) is 0.294. The molecule has 0 aliphatic heterocycles. The lowest BCUT2D eigenvalue weighted by molar-refractivity contribution is 0.319. The summed E-state index contributed by atoms with van der Waals surface area (Å²) < 4.78 is 5.68. The fourth-order valence-electron chi connectivity index (χ4n) is 1.86. The average molecular weight is 287 g/mol. The quantitative estimate of drug-likeness (QED) is 0.484. The lowest BCUT2D eigenvalue weighted by atomic mass is 10.2. The molecular formula is C17H21NOS. The molecule has 0 radical (unpaired) electrons. The van der Waals surface area contributed by atoms with Crippen LogP contribution in [-0.4, -0.2) is 12.4 Å². The molecule has 3 heteroatoms. The monoisotopic (exact) mass is 287 g/mol. The van der Waals surface area contributed by atoms with Crippen molar-refractivity contribution in [1.82, 2.24) is 0 Å². The van der Waals surface area contributed by atoms with Crippen molar-refractivity contribution < 1.29 is 4.74 Å². The molecule has 2 N–H and O–H groups in total. The van der Waals surface area contributed by atoms with Crippen molar-refractivity contribution in [2.45, 2.75) is 25.2 Å². The molecule has 20 heavy (non-hydrogen) atoms. The second-order valence-electron chi connectivity index (χ2n) is 4.89. The molecule has 0 unspecified atom stereocenters. The first-order valence-electron chi connectivity index (χ1n) is 6.83. The van der Waals surface area contributed by atoms with Crippen LogP contribution in [-0.2, 0) is 0 Å². The van der Waals surface area contributed by atoms with Crippen LogP contribution in [0.5, 0.6) is 5.75 Å². The Balaban J connectivity index is 1.71. The second kappa shape index (κ2) is 7.25. The number of benzene rings is 2. The number of hydrogen-bond donors (Lipinski definition) is 1. The van der Waals surface area contributed by atoms with Gasteiger partial charge in [-0.1, -0.05) is 17.7 Å². The number of aryl methyl sites for hydroxylation is 2. The first-order valence-corrected chi connectivity index (χ1v) is 7.82. The van der Waals surface area contributed by atoms with Crippen LogP contribution >= 0.6 is 11.8 Å². The van der Waals surface area contributed by atoms with Crippen LogP contribution in [0.1, 0.15) is 17.5 Å². The van der Waals surface area contributed by atoms with E-state index in [0.29, 0.717) is 0 Å². The lowest BCUT2D eigenvalue weighted by Gasteiger charge is -2.08. The smallest absolute Gasteiger partial charge is 0.119 e. The minimum Gasteiger partial charge on any atom is -0.494 e. The van der Waals surface area contributed by atoms with E-state index in [-0.39, 0.29) is 0 Å². The minimum atomic E-state index is 0.738. The van der Waals surface area contributed by atoms with Crippen LogP contribution < -0.4 is 10.5 Å². The van der Waals surface area contributed by atoms with E-state index in [2.05, 4.69) is 32.0 Å². The van der Waals surface area contributed by atoms with Gasteiger partial charge >= 0.3 is 0 Å². The van der Waals surface area contributed by atoms with E-state index in [1.165, 1.54) is 16.0 Å². The summed E-state index contributed by atoms with van der Waals surface area (Å²) in [5.74, 6) is 1.95. The highest BCUT2D eigenvalue weighted by Crippen LogP contribution is 2.24. The van der Waals surface area contributed by atoms with Gasteiger partial charge in [0.25, 0.3) is 0 Å². The molecule has 0 spiro atoms. The lowest BCUT2D eigenvalue weighted by Crippen LogP contribution is -1.99. The van der Waals surface area contributed by atoms with E-state index in [0.717, 1.165) is 30.2 Å². The zero-order chi connectivity index (χ0) is 14.4. The summed E-state index contributed by atoms with van der Waals surface area (Å²) in [5.41, 5.74) is 9.06. The van der Waals surface area contributed by atoms with Gasteiger partial charge in [0.05, 0.1) is 6.61 Å². The van der Waals surface area contributed by atoms with Crippen molar-refractivity contribution in [3.8, 4) is 5.75 Å². The average Bonchev–Trinajstić information content (AvgIpc) is 2.44. The molecule has 2 aromatic rings. The molecule has 0 aliphatic rings. The maximum Gasteiger partial charge on any atom is 0.119 e. The normalized spacial score (nSPS) is 10.5. The van der Waals surface area contributed by atoms with Gasteiger partial charge in [0.2, 0.25) is 0 Å². The van der Waals surface area contributed by atoms with Gasteiger partial charge in [-0.2, -0.15) is 0 Å². The summed E-state index contributed by atoms with van der Waals surface area (Å²) in [7, 11) is 0. The largest absolute Gasteiger partial charge is 0.494 e. The predicted molar refractivity (Wildman–Crippen MR) is 87.6 cm³/mol. The Labute approximate surface area is 125 Å². The molecule has 0 atom stereocenters. The number of thioether (sulfide) groups is 1. The molecule has 106 valence electrons. The van der Waals surface area contributed by atoms with Gasteiger partial charge in [0.1, 0.15) is 5.75 Å². The van der Waals surface area contributed by atoms with Crippen molar-refractivity contribution >= 4 is 17.4 Å². The van der Waals surface area contributed by atoms with Gasteiger partial charge in [-0.25, -0.2) is 0 Å². The number of nitrogens with two attached hydrogens (primary N) is 1. The van der Waals surface area contributed by atoms with Crippen molar-refractivity contribution in [2.75, 3.05) is 18.1 Å². The highest BCUT2D eigenvalue weighted by molar-refractivity contribution is 7.99. The van der Waals surface area contributed by atoms with Crippen molar-refractivity contribution in [3.05, 3.63) is 53.6 Å². The van der Waals surface area contributed by atoms with Gasteiger partial charge in [-0.3, -0.25) is 0 Å². The second-order valence-corrected chi connectivity index (χ2v) is 6.03. The first-order chi connectivity index (χ1) is 9.65. The standard InChI is InChI=1S/C17H21NOS/c1-13-4-5-14(2)17(12-13)20-11-3-10-19-16-8-6-15(18)7-9-16/h4-9,12H,3,10-11,18H2,1-2H3. The van der Waals surface area contributed by atoms with E-state index in [1.54, 1.807) is 0 Å². The molecule has 0 amide bonds. The molecule has 0 saturated heterocycles. The van der Waals surface area contributed by atoms with Gasteiger partial charge in [0, 0.05) is 16.3 Å². The fourth-order valence-corrected chi connectivity index (χ4v) is 2.90. The summed E-state index contributed by atoms with van der Waals surface area (Å²) in [6.07, 6.45) is 1.03. The third-order valence-corrected chi connectivity index (χ3v) is 4.28. The van der Waals surface area contributed by atoms with E-state index in [1.807, 2.05) is 36.0 Å². The molecule has 0 heterocycles. The van der Waals surface area contributed by atoms with Gasteiger partial charge in [-0.05, 0) is 56.2 Å². The molecular weight excluding hydrogens is 266 g/mol. The van der Waals surface area contributed by atoms with Crippen LogP contribution in [0.2, 0.25) is 0 Å². The highest BCUT2D eigenvalue weighted by atomic mass is 32.2. The summed E-state index contributed by atoms with van der Waals surface area (Å²) >= 11 is 1.90. The van der Waals surface area contributed by atoms with E-state index < -0.39 is 0 Å². The maximum atomic E-state index is 5.68. The van der Waals surface area contributed by atoms with E-state index >= 15 is 0 Å². The Bertz CT molecular complexity index is 551. The van der Waals surface area contributed by atoms with Crippen LogP contribution in [0.4, 0.5) is 5.69 Å². The van der Waals surface area contributed by atoms with E-state index in [4.69, 9.17) is 10.5 Å². The molecule has 0 fully saturated rings. The Kier molecular flexibility index (Phi) is 5.36. The van der Waals surface area contributed by atoms with Crippen molar-refractivity contribution in [3.63, 3.8) is 0 Å². The number of anilines is 1. The zero-order valence-corrected chi connectivity index (χ0v) is 12.9. The molecule has 0 bridgehead atoms. The summed E-state index contributed by atoms with van der Waals surface area (Å²) in [6.45, 7) is 5.03. The Morgan fingerprint density at radius 2 is 1.80 bits per heavy atom. The molecule has 2 aromatic carbocycles. The number of hydrogen-bond acceptors (Lipinski definition) is 3. The first kappa shape index (κ1) is 14.8. The molecule has 0 aliphatic carbocycles. The Morgan fingerprint density at radius 1 is 1.05 bits per heavy atom. The minimum absolute atomic E-state index is 0.738. The summed E-state index contributed by atoms with van der Waals surface area (Å²) in [4.78, 5) is 1.37. The molecule has 2 rings (SSSR count). The van der Waals surface area contributed by atoms with Crippen LogP contribution in [0.15, 0.2) is 47.4 Å². The van der Waals surface area contributed by atoms with Crippen molar-refractivity contribution in [1.29, 1.82) is 0 Å². The zero-order valence-electron chi connectivity index (χ0n) is 12.1. The Morgan fingerprint density at radius 3 is 2.55 bits per heavy atom. The van der Waals surface area contributed by atoms with Crippen LogP contribution in [0, 0.1) is 13.8 Å². The predicted octanol–water partition coefficient (Wildman–Crippen LogP) is 4.45. The third kappa shape index (κ3) is 4.49. The summed E-state index contributed by atoms with van der Waals surface area (Å²) in [5, 5.41) is 0. The van der Waals surface area contributed by atoms with Gasteiger partial charge < -0.3 is 10.5 Å². The van der Waals surface area contributed by atoms with E-state index in [9.17, 15) is 0 Å². The topological polar surface area (TPSA) is 35.2 Å². The highest BCUT2D eigenvalue weighted by Gasteiger charge is 2.00. The Hall–Kier alpha value is -1.61. The molecule has 2 nitrogen and oxygen atoms in total. The number of ether oxygens (including phenoxy) is 1. The van der Waals surface area contributed by atoms with Crippen molar-refractivity contribution in [2.24, 2.45) is 0 Å². The SMILES string of the molecule is Cc1ccc(C)c(SCCCOc2ccc(N)cc2)c1. The number of nitrogen functional groups attached to an aromatic ring is 1.